The largest absolute Gasteiger partial charge is 0.339 e. The number of ketones is 2. The first-order valence-corrected chi connectivity index (χ1v) is 11.3. The topological polar surface area (TPSA) is 66.5 Å². The van der Waals surface area contributed by atoms with Gasteiger partial charge in [0.25, 0.3) is 0 Å². The molecule has 158 valence electrons. The summed E-state index contributed by atoms with van der Waals surface area (Å²) in [6, 6.07) is 19.6. The van der Waals surface area contributed by atoms with Gasteiger partial charge in [0.2, 0.25) is 5.91 Å². The molecule has 1 N–H and O–H groups in total. The van der Waals surface area contributed by atoms with Gasteiger partial charge in [0.15, 0.2) is 5.78 Å². The molecule has 1 aliphatic rings. The standard InChI is InChI=1S/C25H24N2O3S/c28-19(11-13-23(29)24-10-5-17-31-24)12-14-25(30)26-20-7-2-4-9-22(20)27-16-15-18-6-1-3-8-21(18)27/h1-10,17H,11-16H2,(H,26,30). The van der Waals surface area contributed by atoms with Crippen LogP contribution >= 0.6 is 11.3 Å². The van der Waals surface area contributed by atoms with Gasteiger partial charge in [-0.05, 0) is 41.6 Å². The van der Waals surface area contributed by atoms with E-state index in [0.29, 0.717) is 4.88 Å². The van der Waals surface area contributed by atoms with Crippen molar-refractivity contribution in [3.05, 3.63) is 76.5 Å². The van der Waals surface area contributed by atoms with E-state index in [1.807, 2.05) is 47.8 Å². The first-order chi connectivity index (χ1) is 15.1. The Bertz CT molecular complexity index is 1090. The van der Waals surface area contributed by atoms with Crippen molar-refractivity contribution in [2.75, 3.05) is 16.8 Å². The molecule has 5 nitrogen and oxygen atoms in total. The second kappa shape index (κ2) is 9.71. The SMILES string of the molecule is O=C(CCC(=O)Nc1ccccc1N1CCc2ccccc21)CCC(=O)c1cccs1. The maximum absolute atomic E-state index is 12.5. The van der Waals surface area contributed by atoms with Crippen molar-refractivity contribution in [2.24, 2.45) is 0 Å². The molecule has 4 rings (SSSR count). The van der Waals surface area contributed by atoms with Gasteiger partial charge in [0.1, 0.15) is 5.78 Å². The van der Waals surface area contributed by atoms with E-state index in [4.69, 9.17) is 0 Å². The maximum atomic E-state index is 12.5. The second-order valence-electron chi connectivity index (χ2n) is 7.53. The van der Waals surface area contributed by atoms with Gasteiger partial charge >= 0.3 is 0 Å². The third-order valence-corrected chi connectivity index (χ3v) is 6.32. The first kappa shape index (κ1) is 21.0. The molecular weight excluding hydrogens is 408 g/mol. The van der Waals surface area contributed by atoms with E-state index in [1.165, 1.54) is 16.9 Å². The van der Waals surface area contributed by atoms with Crippen molar-refractivity contribution >= 4 is 45.9 Å². The third-order valence-electron chi connectivity index (χ3n) is 5.41. The Morgan fingerprint density at radius 1 is 0.839 bits per heavy atom. The summed E-state index contributed by atoms with van der Waals surface area (Å²) in [6.45, 7) is 0.864. The Hall–Kier alpha value is -3.25. The molecule has 3 aromatic rings. The van der Waals surface area contributed by atoms with Gasteiger partial charge in [0.05, 0.1) is 16.3 Å². The molecule has 0 saturated heterocycles. The van der Waals surface area contributed by atoms with Gasteiger partial charge in [-0.2, -0.15) is 0 Å². The van der Waals surface area contributed by atoms with Gasteiger partial charge in [0, 0.05) is 37.9 Å². The van der Waals surface area contributed by atoms with Crippen molar-refractivity contribution in [2.45, 2.75) is 32.1 Å². The molecule has 2 aromatic carbocycles. The highest BCUT2D eigenvalue weighted by Gasteiger charge is 2.22. The van der Waals surface area contributed by atoms with Crippen LogP contribution in [0.25, 0.3) is 0 Å². The zero-order valence-electron chi connectivity index (χ0n) is 17.2. The van der Waals surface area contributed by atoms with E-state index in [1.54, 1.807) is 6.07 Å². The molecule has 6 heteroatoms. The number of anilines is 3. The number of Topliss-reactive ketones (excluding diaryl/α,β-unsaturated/α-hetero) is 2. The normalized spacial score (nSPS) is 12.5. The number of benzene rings is 2. The lowest BCUT2D eigenvalue weighted by molar-refractivity contribution is -0.122. The Balaban J connectivity index is 1.31. The zero-order valence-corrected chi connectivity index (χ0v) is 18.0. The Labute approximate surface area is 185 Å². The highest BCUT2D eigenvalue weighted by molar-refractivity contribution is 7.12. The van der Waals surface area contributed by atoms with Gasteiger partial charge in [-0.25, -0.2) is 0 Å². The number of nitrogens with zero attached hydrogens (tertiary/aromatic N) is 1. The maximum Gasteiger partial charge on any atom is 0.224 e. The summed E-state index contributed by atoms with van der Waals surface area (Å²) in [5.41, 5.74) is 4.15. The molecule has 0 aliphatic carbocycles. The van der Waals surface area contributed by atoms with Crippen LogP contribution in [-0.2, 0) is 16.0 Å². The zero-order chi connectivity index (χ0) is 21.6. The quantitative estimate of drug-likeness (QED) is 0.460. The molecule has 0 spiro atoms. The lowest BCUT2D eigenvalue weighted by atomic mass is 10.1. The van der Waals surface area contributed by atoms with Crippen molar-refractivity contribution in [3.8, 4) is 0 Å². The summed E-state index contributed by atoms with van der Waals surface area (Å²) in [5, 5.41) is 4.81. The smallest absolute Gasteiger partial charge is 0.224 e. The monoisotopic (exact) mass is 432 g/mol. The number of fused-ring (bicyclic) bond motifs is 1. The molecule has 1 aliphatic heterocycles. The van der Waals surface area contributed by atoms with Crippen LogP contribution in [-0.4, -0.2) is 24.0 Å². The summed E-state index contributed by atoms with van der Waals surface area (Å²) in [6.07, 6.45) is 1.58. The number of carbonyl (C=O) groups excluding carboxylic acids is 3. The van der Waals surface area contributed by atoms with E-state index >= 15 is 0 Å². The number of hydrogen-bond acceptors (Lipinski definition) is 5. The van der Waals surface area contributed by atoms with Crippen LogP contribution < -0.4 is 10.2 Å². The van der Waals surface area contributed by atoms with Gasteiger partial charge in [-0.1, -0.05) is 36.4 Å². The molecule has 2 heterocycles. The van der Waals surface area contributed by atoms with Gasteiger partial charge in [-0.15, -0.1) is 11.3 Å². The van der Waals surface area contributed by atoms with Crippen molar-refractivity contribution in [3.63, 3.8) is 0 Å². The number of para-hydroxylation sites is 3. The predicted octanol–water partition coefficient (Wildman–Crippen LogP) is 5.39. The Morgan fingerprint density at radius 3 is 2.39 bits per heavy atom. The van der Waals surface area contributed by atoms with Crippen LogP contribution in [0.4, 0.5) is 17.1 Å². The number of rotatable bonds is 9. The molecule has 0 atom stereocenters. The van der Waals surface area contributed by atoms with E-state index in [2.05, 4.69) is 22.3 Å². The van der Waals surface area contributed by atoms with Crippen molar-refractivity contribution in [1.82, 2.24) is 0 Å². The molecular formula is C25H24N2O3S. The minimum absolute atomic E-state index is 0.0207. The fourth-order valence-corrected chi connectivity index (χ4v) is 4.50. The predicted molar refractivity (Wildman–Crippen MR) is 124 cm³/mol. The van der Waals surface area contributed by atoms with Crippen LogP contribution in [0.2, 0.25) is 0 Å². The Kier molecular flexibility index (Phi) is 6.57. The molecule has 0 saturated carbocycles. The molecule has 0 fully saturated rings. The molecule has 1 amide bonds. The minimum Gasteiger partial charge on any atom is -0.339 e. The summed E-state index contributed by atoms with van der Waals surface area (Å²) in [4.78, 5) is 39.6. The van der Waals surface area contributed by atoms with Gasteiger partial charge < -0.3 is 10.2 Å². The third kappa shape index (κ3) is 5.09. The van der Waals surface area contributed by atoms with Crippen molar-refractivity contribution in [1.29, 1.82) is 0 Å². The molecule has 0 bridgehead atoms. The van der Waals surface area contributed by atoms with Gasteiger partial charge in [-0.3, -0.25) is 14.4 Å². The highest BCUT2D eigenvalue weighted by atomic mass is 32.1. The second-order valence-corrected chi connectivity index (χ2v) is 8.48. The summed E-state index contributed by atoms with van der Waals surface area (Å²) >= 11 is 1.38. The first-order valence-electron chi connectivity index (χ1n) is 10.4. The van der Waals surface area contributed by atoms with Crippen LogP contribution in [0, 0.1) is 0 Å². The number of carbonyl (C=O) groups is 3. The van der Waals surface area contributed by atoms with E-state index in [-0.39, 0.29) is 43.2 Å². The summed E-state index contributed by atoms with van der Waals surface area (Å²) < 4.78 is 0. The Morgan fingerprint density at radius 2 is 1.58 bits per heavy atom. The van der Waals surface area contributed by atoms with E-state index in [9.17, 15) is 14.4 Å². The lowest BCUT2D eigenvalue weighted by Gasteiger charge is -2.23. The molecule has 31 heavy (non-hydrogen) atoms. The number of nitrogens with one attached hydrogen (secondary N) is 1. The lowest BCUT2D eigenvalue weighted by Crippen LogP contribution is -2.19. The average Bonchev–Trinajstić information content (AvgIpc) is 3.47. The number of hydrogen-bond donors (Lipinski definition) is 1. The fourth-order valence-electron chi connectivity index (χ4n) is 3.81. The highest BCUT2D eigenvalue weighted by Crippen LogP contribution is 2.38. The molecule has 0 unspecified atom stereocenters. The van der Waals surface area contributed by atoms with Crippen LogP contribution in [0.15, 0.2) is 66.0 Å². The van der Waals surface area contributed by atoms with Crippen LogP contribution in [0.5, 0.6) is 0 Å². The van der Waals surface area contributed by atoms with E-state index in [0.717, 1.165) is 30.0 Å². The van der Waals surface area contributed by atoms with Crippen LogP contribution in [0.1, 0.15) is 40.9 Å². The summed E-state index contributed by atoms with van der Waals surface area (Å²) in [5.74, 6) is -0.285. The minimum atomic E-state index is -0.196. The van der Waals surface area contributed by atoms with Crippen LogP contribution in [0.3, 0.4) is 0 Å². The van der Waals surface area contributed by atoms with E-state index < -0.39 is 0 Å². The average molecular weight is 433 g/mol. The summed E-state index contributed by atoms with van der Waals surface area (Å²) in [7, 11) is 0. The number of thiophene rings is 1. The number of amides is 1. The molecule has 0 radical (unpaired) electrons. The fraction of sp³-hybridized carbons (Fsp3) is 0.240. The molecule has 1 aromatic heterocycles. The van der Waals surface area contributed by atoms with Crippen molar-refractivity contribution < 1.29 is 14.4 Å².